The van der Waals surface area contributed by atoms with Crippen LogP contribution < -0.4 is 10.5 Å². The molecule has 9 heteroatoms. The fourth-order valence-electron chi connectivity index (χ4n) is 3.13. The van der Waals surface area contributed by atoms with Gasteiger partial charge in [-0.15, -0.1) is 0 Å². The van der Waals surface area contributed by atoms with Gasteiger partial charge in [-0.3, -0.25) is 9.36 Å². The summed E-state index contributed by atoms with van der Waals surface area (Å²) in [5.74, 6) is -0.628. The molecular weight excluding hydrogens is 416 g/mol. The van der Waals surface area contributed by atoms with Crippen LogP contribution in [0.25, 0.3) is 11.1 Å². The summed E-state index contributed by atoms with van der Waals surface area (Å²) in [5, 5.41) is 0. The van der Waals surface area contributed by atoms with Crippen LogP contribution in [0.4, 0.5) is 0 Å². The molecule has 1 aliphatic heterocycles. The standard InChI is InChI=1S/C18H17BrN4O4/c19-12-9-20-17(21-10-12)26-13-5-7-22(8-6-13)16(24)11-23-14-3-1-2-4-15(14)27-18(23)25/h1-4,9-10,13H,5-8,11H2. The molecule has 3 aromatic rings. The van der Waals surface area contributed by atoms with Crippen LogP contribution in [0.5, 0.6) is 6.01 Å². The predicted octanol–water partition coefficient (Wildman–Crippen LogP) is 2.22. The number of amides is 1. The van der Waals surface area contributed by atoms with Crippen LogP contribution in [0.3, 0.4) is 0 Å². The number of benzene rings is 1. The summed E-state index contributed by atoms with van der Waals surface area (Å²) < 4.78 is 13.1. The molecule has 0 saturated carbocycles. The summed E-state index contributed by atoms with van der Waals surface area (Å²) in [6, 6.07) is 7.42. The van der Waals surface area contributed by atoms with Gasteiger partial charge in [-0.1, -0.05) is 12.1 Å². The van der Waals surface area contributed by atoms with Crippen LogP contribution in [0, 0.1) is 0 Å². The van der Waals surface area contributed by atoms with E-state index in [9.17, 15) is 9.59 Å². The summed E-state index contributed by atoms with van der Waals surface area (Å²) in [5.41, 5.74) is 1.11. The number of hydrogen-bond donors (Lipinski definition) is 0. The third-order valence-electron chi connectivity index (χ3n) is 4.53. The lowest BCUT2D eigenvalue weighted by Gasteiger charge is -2.31. The minimum atomic E-state index is -0.518. The number of ether oxygens (including phenoxy) is 1. The highest BCUT2D eigenvalue weighted by Crippen LogP contribution is 2.18. The zero-order valence-corrected chi connectivity index (χ0v) is 16.0. The van der Waals surface area contributed by atoms with Crippen molar-refractivity contribution in [2.75, 3.05) is 13.1 Å². The lowest BCUT2D eigenvalue weighted by atomic mass is 10.1. The van der Waals surface area contributed by atoms with Crippen molar-refractivity contribution in [1.82, 2.24) is 19.4 Å². The van der Waals surface area contributed by atoms with Crippen LogP contribution in [0.15, 0.2) is 50.3 Å². The van der Waals surface area contributed by atoms with Crippen molar-refractivity contribution in [2.24, 2.45) is 0 Å². The van der Waals surface area contributed by atoms with Crippen molar-refractivity contribution < 1.29 is 13.9 Å². The van der Waals surface area contributed by atoms with Gasteiger partial charge >= 0.3 is 11.8 Å². The predicted molar refractivity (Wildman–Crippen MR) is 100 cm³/mol. The zero-order chi connectivity index (χ0) is 18.8. The van der Waals surface area contributed by atoms with E-state index in [1.54, 1.807) is 35.5 Å². The van der Waals surface area contributed by atoms with Gasteiger partial charge in [0, 0.05) is 38.3 Å². The molecule has 0 atom stereocenters. The molecule has 0 bridgehead atoms. The van der Waals surface area contributed by atoms with Crippen molar-refractivity contribution in [3.8, 4) is 6.01 Å². The highest BCUT2D eigenvalue weighted by atomic mass is 79.9. The van der Waals surface area contributed by atoms with Gasteiger partial charge in [0.15, 0.2) is 5.58 Å². The number of fused-ring (bicyclic) bond motifs is 1. The molecule has 140 valence electrons. The van der Waals surface area contributed by atoms with Crippen LogP contribution in [-0.2, 0) is 11.3 Å². The van der Waals surface area contributed by atoms with E-state index in [1.165, 1.54) is 4.57 Å². The maximum Gasteiger partial charge on any atom is 0.420 e. The number of aromatic nitrogens is 3. The first-order valence-electron chi connectivity index (χ1n) is 8.60. The lowest BCUT2D eigenvalue weighted by Crippen LogP contribution is -2.43. The highest BCUT2D eigenvalue weighted by molar-refractivity contribution is 9.10. The number of hydrogen-bond acceptors (Lipinski definition) is 6. The van der Waals surface area contributed by atoms with Crippen molar-refractivity contribution in [2.45, 2.75) is 25.5 Å². The van der Waals surface area contributed by atoms with Crippen molar-refractivity contribution in [3.63, 3.8) is 0 Å². The Balaban J connectivity index is 1.36. The Labute approximate surface area is 162 Å². The number of nitrogens with zero attached hydrogens (tertiary/aromatic N) is 4. The van der Waals surface area contributed by atoms with E-state index in [2.05, 4.69) is 25.9 Å². The monoisotopic (exact) mass is 432 g/mol. The minimum absolute atomic E-state index is 0.0306. The van der Waals surface area contributed by atoms with E-state index in [0.29, 0.717) is 43.0 Å². The largest absolute Gasteiger partial charge is 0.460 e. The van der Waals surface area contributed by atoms with Gasteiger partial charge in [0.1, 0.15) is 12.6 Å². The number of rotatable bonds is 4. The number of piperidine rings is 1. The second-order valence-corrected chi connectivity index (χ2v) is 7.22. The number of likely N-dealkylation sites (tertiary alicyclic amines) is 1. The smallest absolute Gasteiger partial charge is 0.420 e. The average molecular weight is 433 g/mol. The first-order valence-corrected chi connectivity index (χ1v) is 9.40. The Kier molecular flexibility index (Phi) is 4.93. The van der Waals surface area contributed by atoms with Gasteiger partial charge < -0.3 is 14.1 Å². The first kappa shape index (κ1) is 17.7. The summed E-state index contributed by atoms with van der Waals surface area (Å²) in [6.07, 6.45) is 4.60. The molecule has 0 N–H and O–H groups in total. The quantitative estimate of drug-likeness (QED) is 0.627. The molecule has 1 aliphatic rings. The van der Waals surface area contributed by atoms with Crippen molar-refractivity contribution in [1.29, 1.82) is 0 Å². The second-order valence-electron chi connectivity index (χ2n) is 6.30. The van der Waals surface area contributed by atoms with E-state index in [4.69, 9.17) is 9.15 Å². The van der Waals surface area contributed by atoms with Crippen LogP contribution in [0.2, 0.25) is 0 Å². The van der Waals surface area contributed by atoms with Gasteiger partial charge in [-0.25, -0.2) is 14.8 Å². The normalized spacial score (nSPS) is 15.2. The molecule has 27 heavy (non-hydrogen) atoms. The van der Waals surface area contributed by atoms with E-state index in [1.807, 2.05) is 6.07 Å². The van der Waals surface area contributed by atoms with Crippen LogP contribution >= 0.6 is 15.9 Å². The molecule has 2 aromatic heterocycles. The van der Waals surface area contributed by atoms with Gasteiger partial charge in [-0.2, -0.15) is 0 Å². The molecule has 1 saturated heterocycles. The molecule has 1 amide bonds. The summed E-state index contributed by atoms with van der Waals surface area (Å²) in [4.78, 5) is 34.6. The van der Waals surface area contributed by atoms with E-state index in [0.717, 1.165) is 4.47 Å². The fraction of sp³-hybridized carbons (Fsp3) is 0.333. The number of oxazole rings is 1. The van der Waals surface area contributed by atoms with Gasteiger partial charge in [0.2, 0.25) is 5.91 Å². The van der Waals surface area contributed by atoms with Crippen molar-refractivity contribution >= 4 is 32.9 Å². The third kappa shape index (κ3) is 3.87. The number of carbonyl (C=O) groups is 1. The maximum atomic E-state index is 12.6. The van der Waals surface area contributed by atoms with Crippen molar-refractivity contribution in [3.05, 3.63) is 51.7 Å². The van der Waals surface area contributed by atoms with E-state index < -0.39 is 5.76 Å². The Morgan fingerprint density at radius 2 is 1.93 bits per heavy atom. The molecule has 1 fully saturated rings. The Bertz CT molecular complexity index is 1010. The molecule has 4 rings (SSSR count). The topological polar surface area (TPSA) is 90.5 Å². The number of para-hydroxylation sites is 2. The molecule has 8 nitrogen and oxygen atoms in total. The highest BCUT2D eigenvalue weighted by Gasteiger charge is 2.25. The first-order chi connectivity index (χ1) is 13.1. The SMILES string of the molecule is O=C(Cn1c(=O)oc2ccccc21)N1CCC(Oc2ncc(Br)cn2)CC1. The average Bonchev–Trinajstić information content (AvgIpc) is 2.99. The molecule has 0 aliphatic carbocycles. The maximum absolute atomic E-state index is 12.6. The molecule has 1 aromatic carbocycles. The van der Waals surface area contributed by atoms with Crippen LogP contribution in [-0.4, -0.2) is 44.5 Å². The Hall–Kier alpha value is -2.68. The second kappa shape index (κ2) is 7.51. The third-order valence-corrected chi connectivity index (χ3v) is 4.94. The van der Waals surface area contributed by atoms with Gasteiger partial charge in [0.05, 0.1) is 9.99 Å². The molecule has 0 radical (unpaired) electrons. The van der Waals surface area contributed by atoms with Gasteiger partial charge in [0.25, 0.3) is 0 Å². The van der Waals surface area contributed by atoms with Crippen LogP contribution in [0.1, 0.15) is 12.8 Å². The molecule has 0 spiro atoms. The van der Waals surface area contributed by atoms with E-state index in [-0.39, 0.29) is 18.6 Å². The number of carbonyl (C=O) groups excluding carboxylic acids is 1. The molecule has 0 unspecified atom stereocenters. The summed E-state index contributed by atoms with van der Waals surface area (Å²) in [6.45, 7) is 1.09. The zero-order valence-electron chi connectivity index (χ0n) is 14.4. The molecular formula is C18H17BrN4O4. The van der Waals surface area contributed by atoms with E-state index >= 15 is 0 Å². The fourth-order valence-corrected chi connectivity index (χ4v) is 3.34. The summed E-state index contributed by atoms with van der Waals surface area (Å²) >= 11 is 3.28. The summed E-state index contributed by atoms with van der Waals surface area (Å²) in [7, 11) is 0. The Morgan fingerprint density at radius 1 is 1.22 bits per heavy atom. The number of halogens is 1. The van der Waals surface area contributed by atoms with Gasteiger partial charge in [-0.05, 0) is 28.1 Å². The minimum Gasteiger partial charge on any atom is -0.460 e. The Morgan fingerprint density at radius 3 is 2.67 bits per heavy atom. The molecule has 3 heterocycles. The lowest BCUT2D eigenvalue weighted by molar-refractivity contribution is -0.133.